The van der Waals surface area contributed by atoms with Crippen molar-refractivity contribution in [2.75, 3.05) is 18.0 Å². The van der Waals surface area contributed by atoms with Gasteiger partial charge in [-0.05, 0) is 63.1 Å². The van der Waals surface area contributed by atoms with E-state index in [4.69, 9.17) is 5.73 Å². The van der Waals surface area contributed by atoms with Gasteiger partial charge in [0, 0.05) is 52.9 Å². The maximum atomic E-state index is 11.7. The molecule has 37 heavy (non-hydrogen) atoms. The number of anilines is 1. The van der Waals surface area contributed by atoms with Gasteiger partial charge < -0.3 is 25.0 Å². The largest absolute Gasteiger partial charge is 0.775 e. The molecule has 0 fully saturated rings. The molecule has 0 amide bonds. The van der Waals surface area contributed by atoms with Crippen LogP contribution in [-0.4, -0.2) is 28.3 Å². The fourth-order valence-electron chi connectivity index (χ4n) is 5.73. The Labute approximate surface area is 220 Å². The van der Waals surface area contributed by atoms with Crippen LogP contribution in [0.25, 0.3) is 0 Å². The third-order valence-corrected chi connectivity index (χ3v) is 8.69. The lowest BCUT2D eigenvalue weighted by molar-refractivity contribution is -0.433. The van der Waals surface area contributed by atoms with Crippen LogP contribution in [0.5, 0.6) is 0 Å². The number of benzene rings is 2. The van der Waals surface area contributed by atoms with E-state index in [2.05, 4.69) is 87.4 Å². The van der Waals surface area contributed by atoms with E-state index in [1.165, 1.54) is 23.0 Å². The zero-order chi connectivity index (χ0) is 27.2. The second-order valence-corrected chi connectivity index (χ2v) is 12.3. The summed E-state index contributed by atoms with van der Waals surface area (Å²) in [6, 6.07) is 11.4. The Morgan fingerprint density at radius 2 is 1.76 bits per heavy atom. The molecule has 2 aliphatic heterocycles. The summed E-state index contributed by atoms with van der Waals surface area (Å²) < 4.78 is 13.9. The first kappa shape index (κ1) is 27.3. The molecule has 2 aromatic rings. The highest BCUT2D eigenvalue weighted by Crippen LogP contribution is 2.48. The molecule has 0 aliphatic carbocycles. The molecule has 0 saturated heterocycles. The zero-order valence-electron chi connectivity index (χ0n) is 22.7. The number of rotatable bonds is 7. The van der Waals surface area contributed by atoms with E-state index in [1.54, 1.807) is 12.1 Å². The number of nitrogens with two attached hydrogens (primary N) is 1. The maximum absolute atomic E-state index is 11.7. The van der Waals surface area contributed by atoms with Gasteiger partial charge in [-0.25, -0.2) is 0 Å². The number of hydrogen-bond acceptors (Lipinski definition) is 4. The molecule has 2 heterocycles. The third kappa shape index (κ3) is 4.68. The van der Waals surface area contributed by atoms with E-state index in [0.29, 0.717) is 6.54 Å². The number of fused-ring (bicyclic) bond motifs is 2. The molecule has 6 nitrogen and oxygen atoms in total. The molecule has 0 saturated carbocycles. The summed E-state index contributed by atoms with van der Waals surface area (Å²) in [5, 5.41) is -0.0497. The van der Waals surface area contributed by atoms with Crippen molar-refractivity contribution in [1.82, 2.24) is 0 Å². The highest BCUT2D eigenvalue weighted by molar-refractivity contribution is 7.58. The summed E-state index contributed by atoms with van der Waals surface area (Å²) in [4.78, 5) is 23.7. The van der Waals surface area contributed by atoms with Crippen LogP contribution in [-0.2, 0) is 21.9 Å². The van der Waals surface area contributed by atoms with Crippen LogP contribution in [0.2, 0.25) is 0 Å². The van der Waals surface area contributed by atoms with E-state index < -0.39 is 13.0 Å². The molecule has 0 bridgehead atoms. The minimum Gasteiger partial charge on any atom is -0.775 e. The van der Waals surface area contributed by atoms with Crippen LogP contribution in [0.3, 0.4) is 0 Å². The van der Waals surface area contributed by atoms with Gasteiger partial charge in [0.05, 0.1) is 5.41 Å². The van der Waals surface area contributed by atoms with Crippen LogP contribution in [0.1, 0.15) is 58.2 Å². The molecule has 196 valence electrons. The van der Waals surface area contributed by atoms with Crippen LogP contribution >= 0.6 is 7.60 Å². The van der Waals surface area contributed by atoms with Gasteiger partial charge in [-0.1, -0.05) is 44.2 Å². The van der Waals surface area contributed by atoms with Gasteiger partial charge in [0.15, 0.2) is 13.3 Å². The van der Waals surface area contributed by atoms with Crippen molar-refractivity contribution in [1.29, 1.82) is 0 Å². The van der Waals surface area contributed by atoms with Gasteiger partial charge in [0.2, 0.25) is 5.69 Å². The summed E-state index contributed by atoms with van der Waals surface area (Å²) in [6.07, 6.45) is 10.4. The standard InChI is InChI=1S/C30H38N3O3P/c1-7-32-25-16-14-21(20-31)18-23(25)29(3,4)27(32)12-10-9-11-13-28-30(5,6)24-19-22(37(34,35)36)15-17-26(24)33(28)8-2/h9-19H,7-8,20,31H2,1-6H3,(H-,34,35,36). The molecular formula is C30H38N3O3P. The third-order valence-electron chi connectivity index (χ3n) is 7.76. The predicted molar refractivity (Wildman–Crippen MR) is 151 cm³/mol. The van der Waals surface area contributed by atoms with Gasteiger partial charge in [0.25, 0.3) is 0 Å². The zero-order valence-corrected chi connectivity index (χ0v) is 23.5. The molecule has 4 rings (SSSR count). The normalized spacial score (nSPS) is 20.8. The fourth-order valence-corrected chi connectivity index (χ4v) is 6.28. The Kier molecular flexibility index (Phi) is 7.26. The van der Waals surface area contributed by atoms with Gasteiger partial charge >= 0.3 is 0 Å². The van der Waals surface area contributed by atoms with Gasteiger partial charge in [-0.15, -0.1) is 0 Å². The summed E-state index contributed by atoms with van der Waals surface area (Å²) in [5.74, 6) is 0. The molecule has 2 aliphatic rings. The smallest absolute Gasteiger partial charge is 0.209 e. The minimum atomic E-state index is -4.56. The molecular weight excluding hydrogens is 481 g/mol. The highest BCUT2D eigenvalue weighted by Gasteiger charge is 2.44. The van der Waals surface area contributed by atoms with Crippen molar-refractivity contribution in [3.8, 4) is 0 Å². The Morgan fingerprint density at radius 3 is 2.38 bits per heavy atom. The van der Waals surface area contributed by atoms with Crippen molar-refractivity contribution < 1.29 is 18.9 Å². The lowest BCUT2D eigenvalue weighted by Crippen LogP contribution is -2.28. The van der Waals surface area contributed by atoms with E-state index in [1.807, 2.05) is 12.2 Å². The first-order valence-corrected chi connectivity index (χ1v) is 14.5. The minimum absolute atomic E-state index is 0.0497. The lowest BCUT2D eigenvalue weighted by atomic mass is 9.81. The molecule has 1 unspecified atom stereocenters. The number of allylic oxidation sites excluding steroid dienone is 6. The molecule has 3 N–H and O–H groups in total. The second kappa shape index (κ2) is 9.85. The van der Waals surface area contributed by atoms with Crippen molar-refractivity contribution in [2.24, 2.45) is 5.73 Å². The van der Waals surface area contributed by atoms with Crippen LogP contribution in [0, 0.1) is 0 Å². The maximum Gasteiger partial charge on any atom is 0.209 e. The summed E-state index contributed by atoms with van der Waals surface area (Å²) in [5.41, 5.74) is 13.2. The van der Waals surface area contributed by atoms with E-state index >= 15 is 0 Å². The average molecular weight is 520 g/mol. The van der Waals surface area contributed by atoms with E-state index in [9.17, 15) is 14.4 Å². The van der Waals surface area contributed by atoms with Crippen molar-refractivity contribution >= 4 is 30.0 Å². The molecule has 7 heteroatoms. The molecule has 0 radical (unpaired) electrons. The Hall–Kier alpha value is -2.76. The van der Waals surface area contributed by atoms with Gasteiger partial charge in [-0.3, -0.25) is 0 Å². The van der Waals surface area contributed by atoms with E-state index in [0.717, 1.165) is 35.6 Å². The monoisotopic (exact) mass is 519 g/mol. The first-order valence-electron chi connectivity index (χ1n) is 12.9. The SMILES string of the molecule is CCN1\C(=C/C=C/C=C/C2=[N+](CC)c3ccc(P(=O)([O-])O)cc3C2(C)C)C(C)(C)c2cc(CN)ccc21. The molecule has 0 aromatic heterocycles. The Bertz CT molecular complexity index is 1390. The quantitative estimate of drug-likeness (QED) is 0.319. The predicted octanol–water partition coefficient (Wildman–Crippen LogP) is 4.53. The van der Waals surface area contributed by atoms with Crippen LogP contribution in [0.4, 0.5) is 11.4 Å². The summed E-state index contributed by atoms with van der Waals surface area (Å²) >= 11 is 0. The molecule has 1 atom stereocenters. The van der Waals surface area contributed by atoms with Crippen molar-refractivity contribution in [3.05, 3.63) is 89.2 Å². The Morgan fingerprint density at radius 1 is 1.03 bits per heavy atom. The van der Waals surface area contributed by atoms with Crippen molar-refractivity contribution in [3.63, 3.8) is 0 Å². The second-order valence-electron chi connectivity index (χ2n) is 10.7. The van der Waals surface area contributed by atoms with Gasteiger partial charge in [0.1, 0.15) is 6.54 Å². The molecule has 2 aromatic carbocycles. The topological polar surface area (TPSA) is 92.6 Å². The number of nitrogens with zero attached hydrogens (tertiary/aromatic N) is 2. The molecule has 0 spiro atoms. The van der Waals surface area contributed by atoms with Crippen LogP contribution < -0.4 is 20.8 Å². The summed E-state index contributed by atoms with van der Waals surface area (Å²) in [6.45, 7) is 15.1. The lowest BCUT2D eigenvalue weighted by Gasteiger charge is -2.25. The first-order chi connectivity index (χ1) is 17.4. The van der Waals surface area contributed by atoms with Crippen molar-refractivity contribution in [2.45, 2.75) is 58.9 Å². The number of hydrogen-bond donors (Lipinski definition) is 2. The fraction of sp³-hybridized carbons (Fsp3) is 0.367. The van der Waals surface area contributed by atoms with Crippen LogP contribution in [0.15, 0.2) is 72.5 Å². The Balaban J connectivity index is 1.62. The highest BCUT2D eigenvalue weighted by atomic mass is 31.2. The number of likely N-dealkylation sites (N-methyl/N-ethyl adjacent to an activating group) is 1. The summed E-state index contributed by atoms with van der Waals surface area (Å²) in [7, 11) is -4.56. The average Bonchev–Trinajstić information content (AvgIpc) is 3.20. The van der Waals surface area contributed by atoms with Gasteiger partial charge in [-0.2, -0.15) is 4.58 Å². The van der Waals surface area contributed by atoms with E-state index in [-0.39, 0.29) is 10.7 Å².